The molecule has 1 rings (SSSR count). The van der Waals surface area contributed by atoms with Gasteiger partial charge in [-0.2, -0.15) is 0 Å². The van der Waals surface area contributed by atoms with Crippen LogP contribution < -0.4 is 5.73 Å². The van der Waals surface area contributed by atoms with Crippen LogP contribution in [0, 0.1) is 5.92 Å². The van der Waals surface area contributed by atoms with E-state index in [1.165, 1.54) is 24.0 Å². The fourth-order valence-corrected chi connectivity index (χ4v) is 1.87. The Labute approximate surface area is 88.1 Å². The summed E-state index contributed by atoms with van der Waals surface area (Å²) in [5.74, 6) is 0.683. The van der Waals surface area contributed by atoms with Gasteiger partial charge in [0.1, 0.15) is 0 Å². The minimum Gasteiger partial charge on any atom is -0.324 e. The second-order valence-electron chi connectivity index (χ2n) is 4.51. The van der Waals surface area contributed by atoms with E-state index in [1.54, 1.807) is 0 Å². The molecule has 0 aromatic rings. The van der Waals surface area contributed by atoms with Gasteiger partial charge in [0.2, 0.25) is 0 Å². The first-order valence-electron chi connectivity index (χ1n) is 5.78. The van der Waals surface area contributed by atoms with Crippen LogP contribution in [0.1, 0.15) is 46.5 Å². The molecule has 0 saturated heterocycles. The minimum atomic E-state index is 0.293. The molecule has 2 N–H and O–H groups in total. The molecule has 0 bridgehead atoms. The van der Waals surface area contributed by atoms with Crippen molar-refractivity contribution in [3.63, 3.8) is 0 Å². The molecule has 0 heterocycles. The summed E-state index contributed by atoms with van der Waals surface area (Å²) in [6, 6.07) is 0.293. The maximum atomic E-state index is 6.14. The number of hydrogen-bond acceptors (Lipinski definition) is 1. The molecule has 2 unspecified atom stereocenters. The topological polar surface area (TPSA) is 26.0 Å². The van der Waals surface area contributed by atoms with Crippen molar-refractivity contribution in [3.05, 3.63) is 23.3 Å². The Morgan fingerprint density at radius 2 is 2.21 bits per heavy atom. The molecule has 0 fully saturated rings. The van der Waals surface area contributed by atoms with Crippen LogP contribution >= 0.6 is 0 Å². The van der Waals surface area contributed by atoms with E-state index in [0.717, 1.165) is 12.8 Å². The van der Waals surface area contributed by atoms with E-state index >= 15 is 0 Å². The summed E-state index contributed by atoms with van der Waals surface area (Å²) in [4.78, 5) is 0. The predicted octanol–water partition coefficient (Wildman–Crippen LogP) is 3.42. The summed E-state index contributed by atoms with van der Waals surface area (Å²) >= 11 is 0. The first kappa shape index (κ1) is 11.5. The summed E-state index contributed by atoms with van der Waals surface area (Å²) in [7, 11) is 0. The Kier molecular flexibility index (Phi) is 4.40. The van der Waals surface area contributed by atoms with Crippen LogP contribution in [0.4, 0.5) is 0 Å². The van der Waals surface area contributed by atoms with Crippen LogP contribution in [0.25, 0.3) is 0 Å². The highest BCUT2D eigenvalue weighted by molar-refractivity contribution is 5.27. The van der Waals surface area contributed by atoms with Crippen molar-refractivity contribution < 1.29 is 0 Å². The summed E-state index contributed by atoms with van der Waals surface area (Å²) in [6.07, 6.45) is 9.25. The average molecular weight is 193 g/mol. The largest absolute Gasteiger partial charge is 0.324 e. The zero-order valence-corrected chi connectivity index (χ0v) is 9.72. The van der Waals surface area contributed by atoms with Crippen LogP contribution in [-0.2, 0) is 0 Å². The lowest BCUT2D eigenvalue weighted by atomic mass is 9.85. The highest BCUT2D eigenvalue weighted by atomic mass is 14.6. The van der Waals surface area contributed by atoms with Crippen molar-refractivity contribution in [2.45, 2.75) is 52.5 Å². The Bertz CT molecular complexity index is 238. The molecule has 1 nitrogen and oxygen atoms in total. The Balaban J connectivity index is 2.52. The van der Waals surface area contributed by atoms with Gasteiger partial charge in [-0.15, -0.1) is 0 Å². The van der Waals surface area contributed by atoms with Crippen LogP contribution in [-0.4, -0.2) is 6.04 Å². The van der Waals surface area contributed by atoms with Crippen LogP contribution in [0.3, 0.4) is 0 Å². The lowest BCUT2D eigenvalue weighted by Gasteiger charge is -2.23. The lowest BCUT2D eigenvalue weighted by Crippen LogP contribution is -2.25. The Morgan fingerprint density at radius 3 is 2.79 bits per heavy atom. The second kappa shape index (κ2) is 5.35. The average Bonchev–Trinajstić information content (AvgIpc) is 2.18. The second-order valence-corrected chi connectivity index (χ2v) is 4.51. The molecule has 80 valence electrons. The molecule has 0 aromatic carbocycles. The molecule has 1 aliphatic rings. The first-order valence-corrected chi connectivity index (χ1v) is 5.78. The minimum absolute atomic E-state index is 0.293. The molecule has 1 aliphatic carbocycles. The maximum absolute atomic E-state index is 6.14. The summed E-state index contributed by atoms with van der Waals surface area (Å²) < 4.78 is 0. The van der Waals surface area contributed by atoms with Crippen molar-refractivity contribution in [2.24, 2.45) is 11.7 Å². The zero-order valence-electron chi connectivity index (χ0n) is 9.72. The molecule has 0 spiro atoms. The Hall–Kier alpha value is -0.560. The lowest BCUT2D eigenvalue weighted by molar-refractivity contribution is 0.568. The van der Waals surface area contributed by atoms with Crippen molar-refractivity contribution in [1.29, 1.82) is 0 Å². The number of allylic oxidation sites excluding steroid dienone is 3. The number of nitrogens with two attached hydrogens (primary N) is 1. The van der Waals surface area contributed by atoms with Gasteiger partial charge in [0.25, 0.3) is 0 Å². The number of unbranched alkanes of at least 4 members (excludes halogenated alkanes) is 1. The molecule has 2 atom stereocenters. The standard InChI is InChI=1S/C13H23N/c1-4-5-6-13(14)12-8-7-10(2)11(3)9-12/h7-8,11,13H,4-6,9,14H2,1-3H3. The quantitative estimate of drug-likeness (QED) is 0.727. The van der Waals surface area contributed by atoms with Gasteiger partial charge in [-0.3, -0.25) is 0 Å². The van der Waals surface area contributed by atoms with Gasteiger partial charge in [0, 0.05) is 6.04 Å². The molecule has 0 aromatic heterocycles. The Morgan fingerprint density at radius 1 is 1.50 bits per heavy atom. The van der Waals surface area contributed by atoms with Crippen LogP contribution in [0.15, 0.2) is 23.3 Å². The zero-order chi connectivity index (χ0) is 10.6. The van der Waals surface area contributed by atoms with Gasteiger partial charge < -0.3 is 5.73 Å². The number of hydrogen-bond donors (Lipinski definition) is 1. The van der Waals surface area contributed by atoms with Gasteiger partial charge >= 0.3 is 0 Å². The molecular weight excluding hydrogens is 170 g/mol. The van der Waals surface area contributed by atoms with E-state index in [1.807, 2.05) is 0 Å². The predicted molar refractivity (Wildman–Crippen MR) is 63.1 cm³/mol. The monoisotopic (exact) mass is 193 g/mol. The smallest absolute Gasteiger partial charge is 0.0256 e. The van der Waals surface area contributed by atoms with E-state index in [4.69, 9.17) is 5.73 Å². The summed E-state index contributed by atoms with van der Waals surface area (Å²) in [5, 5.41) is 0. The fourth-order valence-electron chi connectivity index (χ4n) is 1.87. The van der Waals surface area contributed by atoms with Gasteiger partial charge in [-0.05, 0) is 25.7 Å². The first-order chi connectivity index (χ1) is 6.65. The normalized spacial score (nSPS) is 24.1. The highest BCUT2D eigenvalue weighted by Crippen LogP contribution is 2.26. The molecule has 0 amide bonds. The third-order valence-corrected chi connectivity index (χ3v) is 3.22. The van der Waals surface area contributed by atoms with Crippen molar-refractivity contribution >= 4 is 0 Å². The van der Waals surface area contributed by atoms with Crippen molar-refractivity contribution in [2.75, 3.05) is 0 Å². The summed E-state index contributed by atoms with van der Waals surface area (Å²) in [6.45, 7) is 6.70. The van der Waals surface area contributed by atoms with Crippen LogP contribution in [0.2, 0.25) is 0 Å². The van der Waals surface area contributed by atoms with Gasteiger partial charge in [0.15, 0.2) is 0 Å². The molecule has 1 heteroatoms. The van der Waals surface area contributed by atoms with E-state index in [0.29, 0.717) is 12.0 Å². The van der Waals surface area contributed by atoms with E-state index in [2.05, 4.69) is 32.9 Å². The van der Waals surface area contributed by atoms with Crippen molar-refractivity contribution in [1.82, 2.24) is 0 Å². The summed E-state index contributed by atoms with van der Waals surface area (Å²) in [5.41, 5.74) is 9.07. The molecule has 0 radical (unpaired) electrons. The SMILES string of the molecule is CCCCC(N)C1=CC=C(C)C(C)C1. The highest BCUT2D eigenvalue weighted by Gasteiger charge is 2.16. The van der Waals surface area contributed by atoms with Gasteiger partial charge in [-0.25, -0.2) is 0 Å². The van der Waals surface area contributed by atoms with Gasteiger partial charge in [0.05, 0.1) is 0 Å². The molecular formula is C13H23N. The van der Waals surface area contributed by atoms with Crippen LogP contribution in [0.5, 0.6) is 0 Å². The van der Waals surface area contributed by atoms with E-state index < -0.39 is 0 Å². The molecule has 0 aliphatic heterocycles. The molecule has 14 heavy (non-hydrogen) atoms. The maximum Gasteiger partial charge on any atom is 0.0256 e. The van der Waals surface area contributed by atoms with E-state index in [-0.39, 0.29) is 0 Å². The molecule has 0 saturated carbocycles. The number of rotatable bonds is 4. The van der Waals surface area contributed by atoms with Crippen molar-refractivity contribution in [3.8, 4) is 0 Å². The third kappa shape index (κ3) is 2.98. The fraction of sp³-hybridized carbons (Fsp3) is 0.692. The van der Waals surface area contributed by atoms with E-state index in [9.17, 15) is 0 Å². The van der Waals surface area contributed by atoms with Gasteiger partial charge in [-0.1, -0.05) is 50.0 Å². The third-order valence-electron chi connectivity index (χ3n) is 3.22.